The number of amides is 1. The maximum atomic E-state index is 12.6. The van der Waals surface area contributed by atoms with Crippen LogP contribution in [0.25, 0.3) is 10.6 Å². The van der Waals surface area contributed by atoms with Gasteiger partial charge in [0.05, 0.1) is 12.1 Å². The molecule has 6 nitrogen and oxygen atoms in total. The molecule has 4 rings (SSSR count). The van der Waals surface area contributed by atoms with E-state index in [4.69, 9.17) is 15.2 Å². The summed E-state index contributed by atoms with van der Waals surface area (Å²) >= 11 is 1.54. The summed E-state index contributed by atoms with van der Waals surface area (Å²) in [5.74, 6) is 2.03. The standard InChI is InChI=1S/C19H23N3O3S.2ClH/c1-12(20)14-3-2-6-22(9-14)18(23)8-15-10-26-19(21-15)13-4-5-16-17(7-13)25-11-24-16;;/h4-5,7,10,12,14H,2-3,6,8-9,11,20H2,1H3;2*1H. The Kier molecular flexibility index (Phi) is 7.95. The van der Waals surface area contributed by atoms with E-state index in [0.29, 0.717) is 12.3 Å². The van der Waals surface area contributed by atoms with Gasteiger partial charge in [0, 0.05) is 30.1 Å². The molecule has 2 aliphatic heterocycles. The third-order valence-electron chi connectivity index (χ3n) is 5.06. The smallest absolute Gasteiger partial charge is 0.231 e. The van der Waals surface area contributed by atoms with E-state index in [1.54, 1.807) is 11.3 Å². The van der Waals surface area contributed by atoms with Crippen LogP contribution >= 0.6 is 36.2 Å². The molecule has 28 heavy (non-hydrogen) atoms. The van der Waals surface area contributed by atoms with Crippen molar-refractivity contribution in [2.75, 3.05) is 19.9 Å². The van der Waals surface area contributed by atoms with Crippen LogP contribution in [0.5, 0.6) is 11.5 Å². The molecule has 2 unspecified atom stereocenters. The van der Waals surface area contributed by atoms with Gasteiger partial charge in [-0.15, -0.1) is 36.2 Å². The number of nitrogens with two attached hydrogens (primary N) is 1. The number of benzene rings is 1. The van der Waals surface area contributed by atoms with Crippen LogP contribution in [-0.4, -0.2) is 41.7 Å². The van der Waals surface area contributed by atoms with Gasteiger partial charge in [-0.2, -0.15) is 0 Å². The fourth-order valence-corrected chi connectivity index (χ4v) is 4.30. The number of halogens is 2. The molecule has 2 atom stereocenters. The van der Waals surface area contributed by atoms with Crippen LogP contribution < -0.4 is 15.2 Å². The monoisotopic (exact) mass is 445 g/mol. The summed E-state index contributed by atoms with van der Waals surface area (Å²) in [6.07, 6.45) is 2.47. The first kappa shape index (κ1) is 22.7. The predicted octanol–water partition coefficient (Wildman–Crippen LogP) is 3.51. The topological polar surface area (TPSA) is 77.7 Å². The lowest BCUT2D eigenvalue weighted by Gasteiger charge is -2.34. The van der Waals surface area contributed by atoms with Crippen molar-refractivity contribution in [1.82, 2.24) is 9.88 Å². The molecule has 0 aliphatic carbocycles. The first-order chi connectivity index (χ1) is 12.6. The minimum absolute atomic E-state index is 0. The zero-order valence-corrected chi connectivity index (χ0v) is 18.1. The molecule has 1 amide bonds. The van der Waals surface area contributed by atoms with Crippen molar-refractivity contribution in [2.45, 2.75) is 32.2 Å². The molecule has 1 saturated heterocycles. The minimum atomic E-state index is 0. The lowest BCUT2D eigenvalue weighted by Crippen LogP contribution is -2.45. The normalized spacial score (nSPS) is 18.8. The number of carbonyl (C=O) groups excluding carboxylic acids is 1. The van der Waals surface area contributed by atoms with Crippen LogP contribution in [0.2, 0.25) is 0 Å². The number of rotatable bonds is 4. The summed E-state index contributed by atoms with van der Waals surface area (Å²) < 4.78 is 10.8. The highest BCUT2D eigenvalue weighted by molar-refractivity contribution is 7.13. The quantitative estimate of drug-likeness (QED) is 0.778. The van der Waals surface area contributed by atoms with Gasteiger partial charge in [0.25, 0.3) is 0 Å². The summed E-state index contributed by atoms with van der Waals surface area (Å²) in [5.41, 5.74) is 7.82. The largest absolute Gasteiger partial charge is 0.454 e. The Morgan fingerprint density at radius 1 is 1.36 bits per heavy atom. The number of piperidine rings is 1. The lowest BCUT2D eigenvalue weighted by atomic mass is 9.92. The van der Waals surface area contributed by atoms with E-state index in [2.05, 4.69) is 4.98 Å². The first-order valence-corrected chi connectivity index (χ1v) is 9.86. The molecule has 1 fully saturated rings. The first-order valence-electron chi connectivity index (χ1n) is 8.98. The Balaban J connectivity index is 0.00000140. The molecule has 2 N–H and O–H groups in total. The molecular weight excluding hydrogens is 421 g/mol. The number of thiazole rings is 1. The van der Waals surface area contributed by atoms with Crippen molar-refractivity contribution in [3.8, 4) is 22.1 Å². The van der Waals surface area contributed by atoms with E-state index in [9.17, 15) is 4.79 Å². The van der Waals surface area contributed by atoms with Gasteiger partial charge in [-0.1, -0.05) is 0 Å². The second-order valence-corrected chi connectivity index (χ2v) is 7.85. The fraction of sp³-hybridized carbons (Fsp3) is 0.474. The third-order valence-corrected chi connectivity index (χ3v) is 6.00. The molecular formula is C19H25Cl2N3O3S. The maximum absolute atomic E-state index is 12.6. The van der Waals surface area contributed by atoms with E-state index >= 15 is 0 Å². The van der Waals surface area contributed by atoms with Crippen molar-refractivity contribution in [3.05, 3.63) is 29.3 Å². The Bertz CT molecular complexity index is 815. The van der Waals surface area contributed by atoms with E-state index in [-0.39, 0.29) is 43.6 Å². The molecule has 1 aromatic heterocycles. The summed E-state index contributed by atoms with van der Waals surface area (Å²) in [6.45, 7) is 3.86. The third kappa shape index (κ3) is 4.89. The summed E-state index contributed by atoms with van der Waals surface area (Å²) in [4.78, 5) is 19.2. The van der Waals surface area contributed by atoms with Crippen molar-refractivity contribution in [3.63, 3.8) is 0 Å². The molecule has 0 radical (unpaired) electrons. The number of nitrogens with zero attached hydrogens (tertiary/aromatic N) is 2. The van der Waals surface area contributed by atoms with E-state index in [1.165, 1.54) is 0 Å². The van der Waals surface area contributed by atoms with Crippen molar-refractivity contribution < 1.29 is 14.3 Å². The van der Waals surface area contributed by atoms with Crippen LogP contribution in [0.15, 0.2) is 23.6 Å². The lowest BCUT2D eigenvalue weighted by molar-refractivity contribution is -0.132. The van der Waals surface area contributed by atoms with Crippen LogP contribution in [0.1, 0.15) is 25.5 Å². The second kappa shape index (κ2) is 9.78. The van der Waals surface area contributed by atoms with Crippen molar-refractivity contribution >= 4 is 42.1 Å². The number of hydrogen-bond donors (Lipinski definition) is 1. The molecule has 0 spiro atoms. The molecule has 2 aromatic rings. The van der Waals surface area contributed by atoms with Gasteiger partial charge >= 0.3 is 0 Å². The summed E-state index contributed by atoms with van der Waals surface area (Å²) in [6, 6.07) is 5.93. The molecule has 3 heterocycles. The number of likely N-dealkylation sites (tertiary alicyclic amines) is 1. The second-order valence-electron chi connectivity index (χ2n) is 6.99. The molecule has 0 saturated carbocycles. The molecule has 9 heteroatoms. The number of carbonyl (C=O) groups is 1. The van der Waals surface area contributed by atoms with Gasteiger partial charge in [0.15, 0.2) is 11.5 Å². The highest BCUT2D eigenvalue weighted by Gasteiger charge is 2.26. The van der Waals surface area contributed by atoms with E-state index in [0.717, 1.165) is 53.7 Å². The van der Waals surface area contributed by atoms with Crippen LogP contribution in [0, 0.1) is 5.92 Å². The average Bonchev–Trinajstić information content (AvgIpc) is 3.30. The molecule has 0 bridgehead atoms. The van der Waals surface area contributed by atoms with E-state index < -0.39 is 0 Å². The van der Waals surface area contributed by atoms with Crippen LogP contribution in [0.3, 0.4) is 0 Å². The minimum Gasteiger partial charge on any atom is -0.454 e. The molecule has 1 aromatic carbocycles. The number of ether oxygens (including phenoxy) is 2. The van der Waals surface area contributed by atoms with Gasteiger partial charge in [-0.05, 0) is 43.9 Å². The van der Waals surface area contributed by atoms with Gasteiger partial charge in [-0.3, -0.25) is 4.79 Å². The molecule has 2 aliphatic rings. The predicted molar refractivity (Wildman–Crippen MR) is 115 cm³/mol. The van der Waals surface area contributed by atoms with Crippen LogP contribution in [0.4, 0.5) is 0 Å². The maximum Gasteiger partial charge on any atom is 0.231 e. The highest BCUT2D eigenvalue weighted by atomic mass is 35.5. The summed E-state index contributed by atoms with van der Waals surface area (Å²) in [7, 11) is 0. The molecule has 154 valence electrons. The zero-order chi connectivity index (χ0) is 18.1. The Morgan fingerprint density at radius 3 is 2.93 bits per heavy atom. The zero-order valence-electron chi connectivity index (χ0n) is 15.6. The van der Waals surface area contributed by atoms with Gasteiger partial charge in [0.1, 0.15) is 5.01 Å². The van der Waals surface area contributed by atoms with Gasteiger partial charge < -0.3 is 20.1 Å². The SMILES string of the molecule is CC(N)C1CCCN(C(=O)Cc2csc(-c3ccc4c(c3)OCO4)n2)C1.Cl.Cl. The van der Waals surface area contributed by atoms with Gasteiger partial charge in [0.2, 0.25) is 12.7 Å². The van der Waals surface area contributed by atoms with Crippen molar-refractivity contribution in [1.29, 1.82) is 0 Å². The Morgan fingerprint density at radius 2 is 2.14 bits per heavy atom. The number of hydrogen-bond acceptors (Lipinski definition) is 6. The highest BCUT2D eigenvalue weighted by Crippen LogP contribution is 2.36. The fourth-order valence-electron chi connectivity index (χ4n) is 3.48. The van der Waals surface area contributed by atoms with E-state index in [1.807, 2.05) is 35.4 Å². The number of fused-ring (bicyclic) bond motifs is 1. The van der Waals surface area contributed by atoms with Crippen molar-refractivity contribution in [2.24, 2.45) is 11.7 Å². The number of aromatic nitrogens is 1. The summed E-state index contributed by atoms with van der Waals surface area (Å²) in [5, 5.41) is 2.85. The van der Waals surface area contributed by atoms with Gasteiger partial charge in [-0.25, -0.2) is 4.98 Å². The Labute approximate surface area is 181 Å². The Hall–Kier alpha value is -1.54. The van der Waals surface area contributed by atoms with Crippen LogP contribution in [-0.2, 0) is 11.2 Å². The average molecular weight is 446 g/mol.